The minimum atomic E-state index is -2.46. The van der Waals surface area contributed by atoms with Crippen molar-refractivity contribution in [2.45, 2.75) is 87.5 Å². The summed E-state index contributed by atoms with van der Waals surface area (Å²) >= 11 is 0. The number of nitrogens with zero attached hydrogens (tertiary/aromatic N) is 1. The zero-order chi connectivity index (χ0) is 37.8. The summed E-state index contributed by atoms with van der Waals surface area (Å²) in [5, 5.41) is 16.5. The van der Waals surface area contributed by atoms with Gasteiger partial charge in [-0.05, 0) is 99.1 Å². The van der Waals surface area contributed by atoms with E-state index >= 15 is 0 Å². The van der Waals surface area contributed by atoms with Crippen LogP contribution in [0.3, 0.4) is 0 Å². The van der Waals surface area contributed by atoms with Gasteiger partial charge in [-0.15, -0.1) is 34.9 Å². The topological polar surface area (TPSA) is 50.2 Å². The maximum Gasteiger partial charge on any atom is 0.263 e. The second kappa shape index (κ2) is 17.3. The molecule has 6 heteroatoms. The minimum Gasteiger partial charge on any atom is -0.512 e. The molecule has 0 bridgehead atoms. The Balaban J connectivity index is 0.000000299. The number of aryl methyl sites for hydroxylation is 2. The van der Waals surface area contributed by atoms with Crippen LogP contribution in [0.2, 0.25) is 0 Å². The van der Waals surface area contributed by atoms with Gasteiger partial charge in [-0.3, -0.25) is 4.79 Å². The van der Waals surface area contributed by atoms with Crippen molar-refractivity contribution >= 4 is 38.1 Å². The van der Waals surface area contributed by atoms with Crippen LogP contribution in [0.5, 0.6) is 0 Å². The zero-order valence-corrected chi connectivity index (χ0v) is 34.4. The Labute approximate surface area is 326 Å². The van der Waals surface area contributed by atoms with E-state index < -0.39 is 6.43 Å². The summed E-state index contributed by atoms with van der Waals surface area (Å²) in [6.45, 7) is 16.2. The van der Waals surface area contributed by atoms with Crippen molar-refractivity contribution in [3.63, 3.8) is 0 Å². The number of fused-ring (bicyclic) bond motifs is 4. The van der Waals surface area contributed by atoms with Crippen LogP contribution < -0.4 is 0 Å². The Morgan fingerprint density at radius 2 is 1.30 bits per heavy atom. The zero-order valence-electron chi connectivity index (χ0n) is 32.0. The average molecular weight is 891 g/mol. The number of rotatable bonds is 10. The third-order valence-corrected chi connectivity index (χ3v) is 11.2. The van der Waals surface area contributed by atoms with Crippen molar-refractivity contribution in [1.82, 2.24) is 4.98 Å². The number of halogens is 2. The van der Waals surface area contributed by atoms with Crippen LogP contribution in [0.15, 0.2) is 103 Å². The van der Waals surface area contributed by atoms with Gasteiger partial charge in [0.05, 0.1) is 0 Å². The predicted octanol–water partition coefficient (Wildman–Crippen LogP) is 13.9. The normalized spacial score (nSPS) is 12.2. The fourth-order valence-corrected chi connectivity index (χ4v) is 6.68. The largest absolute Gasteiger partial charge is 0.512 e. The van der Waals surface area contributed by atoms with Gasteiger partial charge in [0.2, 0.25) is 0 Å². The molecule has 279 valence electrons. The van der Waals surface area contributed by atoms with E-state index in [1.54, 1.807) is 12.1 Å². The van der Waals surface area contributed by atoms with Crippen LogP contribution in [-0.4, -0.2) is 15.9 Å². The molecule has 0 aliphatic rings. The van der Waals surface area contributed by atoms with Gasteiger partial charge in [0.25, 0.3) is 6.43 Å². The minimum absolute atomic E-state index is 0. The van der Waals surface area contributed by atoms with E-state index in [-0.39, 0.29) is 48.0 Å². The summed E-state index contributed by atoms with van der Waals surface area (Å²) in [4.78, 5) is 16.9. The molecule has 1 aromatic heterocycles. The molecule has 0 saturated heterocycles. The average Bonchev–Trinajstić information content (AvgIpc) is 3.15. The third-order valence-electron chi connectivity index (χ3n) is 11.2. The first-order chi connectivity index (χ1) is 24.7. The molecular formula is C47H50F2IrNO2-. The van der Waals surface area contributed by atoms with Gasteiger partial charge in [0.1, 0.15) is 5.76 Å². The Bertz CT molecular complexity index is 2250. The second-order valence-corrected chi connectivity index (χ2v) is 14.6. The molecule has 0 saturated carbocycles. The van der Waals surface area contributed by atoms with Crippen molar-refractivity contribution < 1.29 is 38.8 Å². The summed E-state index contributed by atoms with van der Waals surface area (Å²) in [5.74, 6) is 0.286. The fraction of sp³-hybridized carbons (Fsp3) is 0.319. The molecule has 6 rings (SSSR count). The quantitative estimate of drug-likeness (QED) is 0.0645. The molecule has 0 amide bonds. The Hall–Kier alpha value is -4.25. The van der Waals surface area contributed by atoms with Crippen molar-refractivity contribution in [3.8, 4) is 22.4 Å². The fourth-order valence-electron chi connectivity index (χ4n) is 6.68. The number of aliphatic hydroxyl groups excluding tert-OH is 1. The first-order valence-corrected chi connectivity index (χ1v) is 18.4. The number of carbonyl (C=O) groups is 1. The van der Waals surface area contributed by atoms with Crippen LogP contribution in [0.25, 0.3) is 54.7 Å². The van der Waals surface area contributed by atoms with Crippen LogP contribution in [0.1, 0.15) is 90.3 Å². The van der Waals surface area contributed by atoms with Gasteiger partial charge < -0.3 is 10.1 Å². The Morgan fingerprint density at radius 3 is 1.92 bits per heavy atom. The Morgan fingerprint density at radius 1 is 0.736 bits per heavy atom. The van der Waals surface area contributed by atoms with E-state index in [1.807, 2.05) is 59.9 Å². The van der Waals surface area contributed by atoms with Gasteiger partial charge in [0.15, 0.2) is 5.78 Å². The molecule has 53 heavy (non-hydrogen) atoms. The van der Waals surface area contributed by atoms with Crippen molar-refractivity contribution in [2.75, 3.05) is 0 Å². The summed E-state index contributed by atoms with van der Waals surface area (Å²) < 4.78 is 26.1. The first kappa shape index (κ1) is 41.5. The van der Waals surface area contributed by atoms with Gasteiger partial charge >= 0.3 is 0 Å². The number of ketones is 1. The SMILES string of the molecule is CCC(C)(CC)C(=O)/C=C(\O)C(C)(CC)CC.Cc1[c-]c(-c2nccc3c2ccc2cc(-c4ccc5cc(C(F)F)ccc5c4)ccc23)cc(C)c1.[Ir]. The Kier molecular flexibility index (Phi) is 13.5. The molecule has 1 radical (unpaired) electrons. The van der Waals surface area contributed by atoms with E-state index in [9.17, 15) is 18.7 Å². The van der Waals surface area contributed by atoms with E-state index in [0.717, 1.165) is 80.6 Å². The van der Waals surface area contributed by atoms with Crippen LogP contribution in [0, 0.1) is 30.7 Å². The molecule has 0 aliphatic heterocycles. The number of aromatic nitrogens is 1. The van der Waals surface area contributed by atoms with Gasteiger partial charge in [-0.1, -0.05) is 104 Å². The molecule has 0 aliphatic carbocycles. The summed E-state index contributed by atoms with van der Waals surface area (Å²) in [6, 6.07) is 31.3. The maximum atomic E-state index is 13.0. The van der Waals surface area contributed by atoms with Crippen LogP contribution >= 0.6 is 0 Å². The smallest absolute Gasteiger partial charge is 0.263 e. The number of pyridine rings is 1. The number of aliphatic hydroxyl groups is 1. The summed E-state index contributed by atoms with van der Waals surface area (Å²) in [7, 11) is 0. The molecule has 1 heterocycles. The summed E-state index contributed by atoms with van der Waals surface area (Å²) in [5.41, 5.74) is 5.85. The number of alkyl halides is 2. The van der Waals surface area contributed by atoms with Crippen LogP contribution in [-0.2, 0) is 24.9 Å². The van der Waals surface area contributed by atoms with Crippen LogP contribution in [0.4, 0.5) is 8.78 Å². The third kappa shape index (κ3) is 8.94. The first-order valence-electron chi connectivity index (χ1n) is 18.4. The van der Waals surface area contributed by atoms with Gasteiger partial charge in [0, 0.05) is 48.8 Å². The van der Waals surface area contributed by atoms with E-state index in [4.69, 9.17) is 4.98 Å². The summed E-state index contributed by atoms with van der Waals surface area (Å²) in [6.07, 6.45) is 4.16. The van der Waals surface area contributed by atoms with Gasteiger partial charge in [-0.25, -0.2) is 8.78 Å². The molecule has 0 unspecified atom stereocenters. The molecule has 6 aromatic rings. The van der Waals surface area contributed by atoms with Gasteiger partial charge in [-0.2, -0.15) is 0 Å². The van der Waals surface area contributed by atoms with E-state index in [2.05, 4.69) is 74.5 Å². The second-order valence-electron chi connectivity index (χ2n) is 14.6. The number of hydrogen-bond acceptors (Lipinski definition) is 3. The maximum absolute atomic E-state index is 13.0. The predicted molar refractivity (Wildman–Crippen MR) is 214 cm³/mol. The molecule has 3 nitrogen and oxygen atoms in total. The van der Waals surface area contributed by atoms with Crippen molar-refractivity contribution in [2.24, 2.45) is 10.8 Å². The molecule has 0 atom stereocenters. The molecular weight excluding hydrogens is 841 g/mol. The number of benzene rings is 5. The van der Waals surface area contributed by atoms with E-state index in [0.29, 0.717) is 0 Å². The molecule has 1 N–H and O–H groups in total. The van der Waals surface area contributed by atoms with Crippen molar-refractivity contribution in [3.05, 3.63) is 126 Å². The number of carbonyl (C=O) groups excluding carboxylic acids is 1. The standard InChI is InChI=1S/C32H22F2N.C15H28O2.Ir/c1-19-13-20(2)15-27(14-19)31-30-10-8-25-17-24(7-9-28(25)29(30)11-12-35-31)21-3-4-23-18-26(32(33)34)6-5-22(23)16-21;1-7-14(5,8-2)12(16)11-13(17)15(6,9-3)10-4;/h3-14,16-18,32H,1-2H3;11,16H,7-10H2,1-6H3;/q-1;;/b;12-11-;. The molecule has 5 aromatic carbocycles. The number of hydrogen-bond donors (Lipinski definition) is 1. The molecule has 0 fully saturated rings. The van der Waals surface area contributed by atoms with Crippen molar-refractivity contribution in [1.29, 1.82) is 0 Å². The monoisotopic (exact) mass is 891 g/mol. The number of allylic oxidation sites excluding steroid dienone is 2. The van der Waals surface area contributed by atoms with E-state index in [1.165, 1.54) is 23.1 Å². The molecule has 0 spiro atoms.